The van der Waals surface area contributed by atoms with Crippen LogP contribution in [-0.4, -0.2) is 0 Å². The standard InChI is InChI=1S/C20H16.2C7H7.Zr/c1-2-6-18-12-15(11-17(18)5-1)9-10-16-13-19-7-3-4-8-20(19)14-16;2*1-7-5-3-2-4-6-7;/h1-8,11-14H,9-10H2;2*2-6H,1H2;/q-2;2*-1;+4. The van der Waals surface area contributed by atoms with Crippen molar-refractivity contribution in [3.05, 3.63) is 170 Å². The average molecular weight is 530 g/mol. The quantitative estimate of drug-likeness (QED) is 0.201. The second-order valence-electron chi connectivity index (χ2n) is 8.46. The molecule has 0 heterocycles. The summed E-state index contributed by atoms with van der Waals surface area (Å²) in [5.41, 5.74) is 5.03. The molecule has 6 aromatic rings. The summed E-state index contributed by atoms with van der Waals surface area (Å²) in [6, 6.07) is 46.2. The Morgan fingerprint density at radius 2 is 0.800 bits per heavy atom. The fraction of sp³-hybridized carbons (Fsp3) is 0.0588. The molecule has 0 bridgehead atoms. The van der Waals surface area contributed by atoms with Crippen LogP contribution in [0.5, 0.6) is 0 Å². The van der Waals surface area contributed by atoms with Crippen LogP contribution in [0.4, 0.5) is 0 Å². The van der Waals surface area contributed by atoms with Crippen LogP contribution in [0, 0.1) is 13.8 Å². The second-order valence-corrected chi connectivity index (χ2v) is 8.46. The van der Waals surface area contributed by atoms with E-state index >= 15 is 0 Å². The van der Waals surface area contributed by atoms with E-state index in [1.165, 1.54) is 32.7 Å². The third-order valence-corrected chi connectivity index (χ3v) is 5.74. The van der Waals surface area contributed by atoms with Gasteiger partial charge in [-0.15, -0.1) is 105 Å². The molecule has 0 nitrogen and oxygen atoms in total. The Morgan fingerprint density at radius 1 is 0.457 bits per heavy atom. The third-order valence-electron chi connectivity index (χ3n) is 5.74. The van der Waals surface area contributed by atoms with E-state index in [-0.39, 0.29) is 26.2 Å². The summed E-state index contributed by atoms with van der Waals surface area (Å²) in [4.78, 5) is 0. The van der Waals surface area contributed by atoms with Crippen molar-refractivity contribution in [3.63, 3.8) is 0 Å². The van der Waals surface area contributed by atoms with Crippen LogP contribution >= 0.6 is 0 Å². The number of aryl methyl sites for hydroxylation is 2. The van der Waals surface area contributed by atoms with Gasteiger partial charge in [0.1, 0.15) is 0 Å². The molecule has 0 spiro atoms. The van der Waals surface area contributed by atoms with Crippen LogP contribution in [-0.2, 0) is 39.0 Å². The molecule has 0 fully saturated rings. The van der Waals surface area contributed by atoms with Crippen LogP contribution in [0.2, 0.25) is 0 Å². The van der Waals surface area contributed by atoms with Gasteiger partial charge in [0.2, 0.25) is 0 Å². The molecule has 0 saturated heterocycles. The molecular weight excluding hydrogens is 500 g/mol. The average Bonchev–Trinajstić information content (AvgIpc) is 3.48. The number of hydrogen-bond donors (Lipinski definition) is 0. The smallest absolute Gasteiger partial charge is 0.199 e. The van der Waals surface area contributed by atoms with Gasteiger partial charge in [-0.25, -0.2) is 0 Å². The summed E-state index contributed by atoms with van der Waals surface area (Å²) in [5, 5.41) is 5.43. The first-order chi connectivity index (χ1) is 16.7. The maximum atomic E-state index is 3.72. The van der Waals surface area contributed by atoms with Crippen LogP contribution in [0.1, 0.15) is 22.3 Å². The van der Waals surface area contributed by atoms with Crippen LogP contribution in [0.3, 0.4) is 0 Å². The van der Waals surface area contributed by atoms with Gasteiger partial charge in [-0.1, -0.05) is 24.3 Å². The molecule has 0 saturated carbocycles. The Bertz CT molecular complexity index is 1230. The van der Waals surface area contributed by atoms with Crippen molar-refractivity contribution in [1.82, 2.24) is 0 Å². The van der Waals surface area contributed by atoms with Crippen LogP contribution in [0.25, 0.3) is 21.5 Å². The molecule has 6 aromatic carbocycles. The van der Waals surface area contributed by atoms with Crippen LogP contribution in [0.15, 0.2) is 133 Å². The SMILES string of the molecule is [CH2-]c1ccccc1.[CH2-]c1ccccc1.[Zr+4].c1ccc2[cH-]c(CCc3cc4ccccc4[cH-]3)cc2c1. The molecule has 0 aliphatic heterocycles. The predicted octanol–water partition coefficient (Wildman–Crippen LogP) is 8.95. The molecule has 35 heavy (non-hydrogen) atoms. The van der Waals surface area contributed by atoms with Crippen molar-refractivity contribution < 1.29 is 26.2 Å². The number of rotatable bonds is 3. The molecule has 0 aliphatic rings. The van der Waals surface area contributed by atoms with E-state index in [1.807, 2.05) is 60.7 Å². The molecule has 170 valence electrons. The minimum atomic E-state index is 0. The van der Waals surface area contributed by atoms with E-state index in [2.05, 4.69) is 86.6 Å². The summed E-state index contributed by atoms with van der Waals surface area (Å²) in [6.07, 6.45) is 2.23. The molecule has 0 radical (unpaired) electrons. The number of hydrogen-bond acceptors (Lipinski definition) is 0. The van der Waals surface area contributed by atoms with Gasteiger partial charge in [0, 0.05) is 0 Å². The van der Waals surface area contributed by atoms with Crippen molar-refractivity contribution in [2.24, 2.45) is 0 Å². The summed E-state index contributed by atoms with van der Waals surface area (Å²) >= 11 is 0. The molecule has 0 atom stereocenters. The van der Waals surface area contributed by atoms with Crippen molar-refractivity contribution in [1.29, 1.82) is 0 Å². The van der Waals surface area contributed by atoms with Gasteiger partial charge in [-0.2, -0.15) is 61.4 Å². The number of benzene rings is 4. The minimum Gasteiger partial charge on any atom is -0.199 e. The molecule has 0 amide bonds. The van der Waals surface area contributed by atoms with Crippen molar-refractivity contribution >= 4 is 21.5 Å². The summed E-state index contributed by atoms with van der Waals surface area (Å²) in [5.74, 6) is 0. The summed E-state index contributed by atoms with van der Waals surface area (Å²) < 4.78 is 0. The van der Waals surface area contributed by atoms with Crippen molar-refractivity contribution in [3.8, 4) is 0 Å². The largest absolute Gasteiger partial charge is 4.00 e. The van der Waals surface area contributed by atoms with E-state index in [0.717, 1.165) is 24.0 Å². The van der Waals surface area contributed by atoms with Gasteiger partial charge in [-0.3, -0.25) is 0 Å². The third kappa shape index (κ3) is 8.16. The Balaban J connectivity index is 0.000000188. The first-order valence-corrected chi connectivity index (χ1v) is 11.7. The Morgan fingerprint density at radius 3 is 1.11 bits per heavy atom. The predicted molar refractivity (Wildman–Crippen MR) is 148 cm³/mol. The van der Waals surface area contributed by atoms with E-state index in [9.17, 15) is 0 Å². The van der Waals surface area contributed by atoms with Gasteiger partial charge >= 0.3 is 26.2 Å². The Kier molecular flexibility index (Phi) is 10.2. The maximum absolute atomic E-state index is 3.72. The molecule has 0 aromatic heterocycles. The van der Waals surface area contributed by atoms with E-state index in [0.29, 0.717) is 0 Å². The first kappa shape index (κ1) is 26.3. The van der Waals surface area contributed by atoms with E-state index in [4.69, 9.17) is 0 Å². The van der Waals surface area contributed by atoms with Crippen molar-refractivity contribution in [2.75, 3.05) is 0 Å². The molecule has 0 N–H and O–H groups in total. The zero-order chi connectivity index (χ0) is 23.6. The zero-order valence-corrected chi connectivity index (χ0v) is 22.5. The van der Waals surface area contributed by atoms with Gasteiger partial charge in [0.05, 0.1) is 0 Å². The molecule has 0 unspecified atom stereocenters. The first-order valence-electron chi connectivity index (χ1n) is 11.7. The molecular formula is C34H30Zr. The van der Waals surface area contributed by atoms with Gasteiger partial charge < -0.3 is 0 Å². The summed E-state index contributed by atoms with van der Waals surface area (Å²) in [7, 11) is 0. The topological polar surface area (TPSA) is 0 Å². The zero-order valence-electron chi connectivity index (χ0n) is 20.0. The monoisotopic (exact) mass is 528 g/mol. The van der Waals surface area contributed by atoms with Crippen molar-refractivity contribution in [2.45, 2.75) is 12.8 Å². The molecule has 6 rings (SSSR count). The second kappa shape index (κ2) is 13.6. The van der Waals surface area contributed by atoms with Gasteiger partial charge in [-0.05, 0) is 12.8 Å². The number of fused-ring (bicyclic) bond motifs is 2. The van der Waals surface area contributed by atoms with E-state index in [1.54, 1.807) is 0 Å². The van der Waals surface area contributed by atoms with Gasteiger partial charge in [0.15, 0.2) is 0 Å². The molecule has 0 aliphatic carbocycles. The Labute approximate surface area is 229 Å². The normalized spacial score (nSPS) is 9.94. The Hall–Kier alpha value is -3.28. The van der Waals surface area contributed by atoms with E-state index < -0.39 is 0 Å². The summed E-state index contributed by atoms with van der Waals surface area (Å²) in [6.45, 7) is 7.44. The minimum absolute atomic E-state index is 0. The maximum Gasteiger partial charge on any atom is 4.00 e. The molecule has 1 heteroatoms. The fourth-order valence-corrected chi connectivity index (χ4v) is 3.96. The van der Waals surface area contributed by atoms with Gasteiger partial charge in [0.25, 0.3) is 0 Å². The van der Waals surface area contributed by atoms with Crippen LogP contribution < -0.4 is 0 Å². The fourth-order valence-electron chi connectivity index (χ4n) is 3.96.